The Morgan fingerprint density at radius 3 is 2.30 bits per heavy atom. The number of halogens is 2. The molecule has 7 heteroatoms. The number of alkyl halides is 2. The monoisotopic (exact) mass is 642 g/mol. The molecule has 4 saturated carbocycles. The van der Waals surface area contributed by atoms with Gasteiger partial charge in [-0.25, -0.2) is 8.78 Å². The molecular formula is C39H60F2N2O3. The Morgan fingerprint density at radius 1 is 0.891 bits per heavy atom. The van der Waals surface area contributed by atoms with Gasteiger partial charge in [0, 0.05) is 38.5 Å². The van der Waals surface area contributed by atoms with Crippen molar-refractivity contribution in [2.45, 2.75) is 144 Å². The Hall–Kier alpha value is -1.34. The van der Waals surface area contributed by atoms with E-state index in [1.807, 2.05) is 9.80 Å². The van der Waals surface area contributed by atoms with Crippen molar-refractivity contribution < 1.29 is 23.5 Å². The summed E-state index contributed by atoms with van der Waals surface area (Å²) in [6.07, 6.45) is 9.67. The van der Waals surface area contributed by atoms with Gasteiger partial charge in [0.15, 0.2) is 5.78 Å². The lowest BCUT2D eigenvalue weighted by Gasteiger charge is -2.72. The van der Waals surface area contributed by atoms with Crippen molar-refractivity contribution in [2.24, 2.45) is 50.7 Å². The second-order valence-corrected chi connectivity index (χ2v) is 18.8. The standard InChI is InChI=1S/C39H60F2N2O3/c1-24(2)31-27(44)21-38(33(46)43-19-8-9-25(43)22-42-20-18-39(40,41)23-42)17-16-36(6)26(32(31)38)10-11-29-35(5)14-13-30(45)34(3,4)28(35)12-15-37(29,36)7/h24-26,28-30,45H,8-23H2,1-7H3/t25-,26+,28-,29+,30-,35?,36+,37?,38+/m0/s1. The molecule has 9 atom stereocenters. The van der Waals surface area contributed by atoms with Crippen LogP contribution in [0.3, 0.4) is 0 Å². The lowest BCUT2D eigenvalue weighted by atomic mass is 9.33. The first-order valence-electron chi connectivity index (χ1n) is 18.8. The normalized spacial score (nSPS) is 46.7. The molecule has 0 bridgehead atoms. The molecule has 0 aromatic heterocycles. The number of hydrogen-bond acceptors (Lipinski definition) is 4. The maximum absolute atomic E-state index is 15.1. The van der Waals surface area contributed by atoms with E-state index in [9.17, 15) is 18.7 Å². The van der Waals surface area contributed by atoms with Crippen molar-refractivity contribution in [1.82, 2.24) is 9.80 Å². The van der Waals surface area contributed by atoms with Crippen LogP contribution in [0, 0.1) is 50.7 Å². The first-order valence-corrected chi connectivity index (χ1v) is 18.8. The van der Waals surface area contributed by atoms with Crippen LogP contribution in [0.2, 0.25) is 0 Å². The number of aliphatic hydroxyl groups excluding tert-OH is 1. The third kappa shape index (κ3) is 4.40. The van der Waals surface area contributed by atoms with Gasteiger partial charge in [0.1, 0.15) is 0 Å². The van der Waals surface area contributed by atoms with Gasteiger partial charge in [-0.15, -0.1) is 0 Å². The number of rotatable bonds is 4. The van der Waals surface area contributed by atoms with Gasteiger partial charge in [-0.1, -0.05) is 48.5 Å². The van der Waals surface area contributed by atoms with E-state index < -0.39 is 11.3 Å². The van der Waals surface area contributed by atoms with Crippen molar-refractivity contribution in [3.05, 3.63) is 11.1 Å². The summed E-state index contributed by atoms with van der Waals surface area (Å²) in [5, 5.41) is 11.1. The third-order valence-electron chi connectivity index (χ3n) is 16.2. The van der Waals surface area contributed by atoms with E-state index in [1.54, 1.807) is 0 Å². The van der Waals surface area contributed by atoms with Crippen LogP contribution in [-0.4, -0.2) is 70.8 Å². The summed E-state index contributed by atoms with van der Waals surface area (Å²) in [5.74, 6) is -1.03. The van der Waals surface area contributed by atoms with Gasteiger partial charge in [-0.05, 0) is 121 Å². The number of hydrogen-bond donors (Lipinski definition) is 1. The molecule has 5 aliphatic carbocycles. The molecule has 258 valence electrons. The fourth-order valence-corrected chi connectivity index (χ4v) is 13.7. The molecule has 2 heterocycles. The molecule has 7 rings (SSSR count). The predicted molar refractivity (Wildman–Crippen MR) is 176 cm³/mol. The molecule has 1 amide bonds. The van der Waals surface area contributed by atoms with Gasteiger partial charge in [0.2, 0.25) is 5.91 Å². The molecule has 2 saturated heterocycles. The van der Waals surface area contributed by atoms with E-state index >= 15 is 4.79 Å². The molecule has 2 unspecified atom stereocenters. The number of amides is 1. The van der Waals surface area contributed by atoms with Crippen LogP contribution in [0.15, 0.2) is 11.1 Å². The number of fused-ring (bicyclic) bond motifs is 7. The van der Waals surface area contributed by atoms with Crippen molar-refractivity contribution in [2.75, 3.05) is 26.2 Å². The van der Waals surface area contributed by atoms with Gasteiger partial charge in [0.05, 0.1) is 18.1 Å². The van der Waals surface area contributed by atoms with E-state index in [-0.39, 0.29) is 76.7 Å². The summed E-state index contributed by atoms with van der Waals surface area (Å²) >= 11 is 0. The number of Topliss-reactive ketones (excluding diaryl/α,β-unsaturated/α-hetero) is 1. The van der Waals surface area contributed by atoms with Gasteiger partial charge < -0.3 is 10.0 Å². The van der Waals surface area contributed by atoms with Crippen molar-refractivity contribution in [3.63, 3.8) is 0 Å². The fraction of sp³-hybridized carbons (Fsp3) is 0.897. The zero-order valence-corrected chi connectivity index (χ0v) is 29.7. The first-order chi connectivity index (χ1) is 21.4. The molecule has 0 radical (unpaired) electrons. The Balaban J connectivity index is 1.24. The molecule has 0 aromatic rings. The topological polar surface area (TPSA) is 60.9 Å². The molecule has 5 nitrogen and oxygen atoms in total. The van der Waals surface area contributed by atoms with Crippen LogP contribution >= 0.6 is 0 Å². The molecule has 46 heavy (non-hydrogen) atoms. The molecule has 0 aromatic carbocycles. The fourth-order valence-electron chi connectivity index (χ4n) is 13.7. The second kappa shape index (κ2) is 10.6. The smallest absolute Gasteiger partial charge is 0.261 e. The van der Waals surface area contributed by atoms with Crippen molar-refractivity contribution in [3.8, 4) is 0 Å². The summed E-state index contributed by atoms with van der Waals surface area (Å²) in [7, 11) is 0. The highest BCUT2D eigenvalue weighted by Crippen LogP contribution is 2.76. The summed E-state index contributed by atoms with van der Waals surface area (Å²) in [6.45, 7) is 17.8. The quantitative estimate of drug-likeness (QED) is 0.342. The molecule has 6 fully saturated rings. The highest BCUT2D eigenvalue weighted by molar-refractivity contribution is 6.07. The van der Waals surface area contributed by atoms with Gasteiger partial charge in [-0.2, -0.15) is 0 Å². The Bertz CT molecular complexity index is 1330. The molecule has 7 aliphatic rings. The lowest BCUT2D eigenvalue weighted by molar-refractivity contribution is -0.228. The van der Waals surface area contributed by atoms with Crippen molar-refractivity contribution in [1.29, 1.82) is 0 Å². The van der Waals surface area contributed by atoms with Crippen LogP contribution < -0.4 is 0 Å². The number of nitrogens with zero attached hydrogens (tertiary/aromatic N) is 2. The number of ketones is 1. The third-order valence-corrected chi connectivity index (χ3v) is 16.2. The zero-order chi connectivity index (χ0) is 33.2. The van der Waals surface area contributed by atoms with Crippen LogP contribution in [0.1, 0.15) is 126 Å². The highest BCUT2D eigenvalue weighted by atomic mass is 19.3. The molecule has 0 spiro atoms. The largest absolute Gasteiger partial charge is 0.393 e. The van der Waals surface area contributed by atoms with Gasteiger partial charge in [-0.3, -0.25) is 14.5 Å². The van der Waals surface area contributed by atoms with Crippen LogP contribution in [0.4, 0.5) is 8.78 Å². The number of carbonyl (C=O) groups excluding carboxylic acids is 2. The molecule has 1 N–H and O–H groups in total. The number of carbonyl (C=O) groups is 2. The first kappa shape index (κ1) is 33.2. The van der Waals surface area contributed by atoms with Crippen LogP contribution in [0.25, 0.3) is 0 Å². The number of aliphatic hydroxyl groups is 1. The summed E-state index contributed by atoms with van der Waals surface area (Å²) in [5.41, 5.74) is 1.50. The summed E-state index contributed by atoms with van der Waals surface area (Å²) in [6, 6.07) is -0.0583. The zero-order valence-electron chi connectivity index (χ0n) is 29.7. The van der Waals surface area contributed by atoms with E-state index in [2.05, 4.69) is 48.5 Å². The highest BCUT2D eigenvalue weighted by Gasteiger charge is 2.71. The molecule has 2 aliphatic heterocycles. The van der Waals surface area contributed by atoms with Gasteiger partial charge >= 0.3 is 0 Å². The Labute approximate surface area is 276 Å². The van der Waals surface area contributed by atoms with Gasteiger partial charge in [0.25, 0.3) is 5.92 Å². The lowest BCUT2D eigenvalue weighted by Crippen LogP contribution is -2.66. The SMILES string of the molecule is CC(C)C1=C2[C@H]3CC[C@@H]4C5(C)CC[C@H](O)C(C)(C)[C@@H]5CCC4(C)[C@]3(C)CC[C@@]2(C(=O)N2CCC[C@H]2CN2CCC(F)(F)C2)CC1=O. The minimum absolute atomic E-state index is 0.0144. The van der Waals surface area contributed by atoms with Crippen LogP contribution in [0.5, 0.6) is 0 Å². The molecular weight excluding hydrogens is 582 g/mol. The average Bonchev–Trinajstić information content (AvgIpc) is 3.66. The average molecular weight is 643 g/mol. The number of allylic oxidation sites excluding steroid dienone is 1. The van der Waals surface area contributed by atoms with Crippen molar-refractivity contribution >= 4 is 11.7 Å². The van der Waals surface area contributed by atoms with E-state index in [1.165, 1.54) is 5.57 Å². The second-order valence-electron chi connectivity index (χ2n) is 18.8. The Morgan fingerprint density at radius 2 is 1.63 bits per heavy atom. The summed E-state index contributed by atoms with van der Waals surface area (Å²) in [4.78, 5) is 33.0. The minimum atomic E-state index is -2.64. The maximum atomic E-state index is 15.1. The maximum Gasteiger partial charge on any atom is 0.261 e. The van der Waals surface area contributed by atoms with Crippen LogP contribution in [-0.2, 0) is 9.59 Å². The van der Waals surface area contributed by atoms with E-state index in [0.717, 1.165) is 63.4 Å². The van der Waals surface area contributed by atoms with E-state index in [0.29, 0.717) is 37.9 Å². The Kier molecular flexibility index (Phi) is 7.63. The number of likely N-dealkylation sites (tertiary alicyclic amines) is 2. The minimum Gasteiger partial charge on any atom is -0.393 e. The van der Waals surface area contributed by atoms with E-state index in [4.69, 9.17) is 0 Å². The summed E-state index contributed by atoms with van der Waals surface area (Å²) < 4.78 is 28.2. The predicted octanol–water partition coefficient (Wildman–Crippen LogP) is 7.66.